The molecule has 0 aliphatic rings. The molecule has 112 valence electrons. The molecule has 0 aromatic heterocycles. The molecule has 1 aromatic carbocycles. The molecule has 0 spiro atoms. The van der Waals surface area contributed by atoms with Gasteiger partial charge in [-0.05, 0) is 23.1 Å². The fourth-order valence-corrected chi connectivity index (χ4v) is 1.91. The van der Waals surface area contributed by atoms with Crippen molar-refractivity contribution in [3.05, 3.63) is 35.6 Å². The molecule has 0 heterocycles. The lowest BCUT2D eigenvalue weighted by molar-refractivity contribution is -0.127. The molecule has 1 amide bonds. The van der Waals surface area contributed by atoms with Gasteiger partial charge in [0.05, 0.1) is 12.6 Å². The molecule has 1 aromatic rings. The average Bonchev–Trinajstić information content (AvgIpc) is 2.36. The number of benzene rings is 1. The van der Waals surface area contributed by atoms with Gasteiger partial charge in [0.25, 0.3) is 0 Å². The van der Waals surface area contributed by atoms with Crippen molar-refractivity contribution >= 4 is 5.91 Å². The van der Waals surface area contributed by atoms with E-state index in [1.165, 1.54) is 12.1 Å². The highest BCUT2D eigenvalue weighted by Gasteiger charge is 2.27. The predicted octanol–water partition coefficient (Wildman–Crippen LogP) is 2.00. The molecule has 0 saturated heterocycles. The molecule has 5 heteroatoms. The zero-order valence-corrected chi connectivity index (χ0v) is 12.3. The topological polar surface area (TPSA) is 64.3 Å². The Kier molecular flexibility index (Phi) is 6.10. The molecule has 1 atom stereocenters. The van der Waals surface area contributed by atoms with Gasteiger partial charge in [-0.1, -0.05) is 32.9 Å². The van der Waals surface area contributed by atoms with Crippen molar-refractivity contribution in [2.24, 2.45) is 11.1 Å². The molecule has 3 N–H and O–H groups in total. The molecule has 4 nitrogen and oxygen atoms in total. The quantitative estimate of drug-likeness (QED) is 0.784. The highest BCUT2D eigenvalue weighted by Crippen LogP contribution is 2.32. The van der Waals surface area contributed by atoms with Crippen LogP contribution in [0.3, 0.4) is 0 Å². The summed E-state index contributed by atoms with van der Waals surface area (Å²) in [6, 6.07) is 5.95. The van der Waals surface area contributed by atoms with Gasteiger partial charge in [0.2, 0.25) is 5.91 Å². The standard InChI is InChI=1S/C15H23FN2O2/c1-15(2,3)14(11-4-6-12(16)7-5-11)18-13(19)10-20-9-8-17/h4-7,14H,8-10,17H2,1-3H3,(H,18,19). The largest absolute Gasteiger partial charge is 0.370 e. The summed E-state index contributed by atoms with van der Waals surface area (Å²) >= 11 is 0. The number of nitrogens with two attached hydrogens (primary N) is 1. The fraction of sp³-hybridized carbons (Fsp3) is 0.533. The van der Waals surface area contributed by atoms with Crippen molar-refractivity contribution < 1.29 is 13.9 Å². The first-order valence-corrected chi connectivity index (χ1v) is 6.67. The molecule has 0 fully saturated rings. The molecule has 0 aliphatic heterocycles. The van der Waals surface area contributed by atoms with Crippen LogP contribution in [-0.4, -0.2) is 25.7 Å². The number of halogens is 1. The van der Waals surface area contributed by atoms with Crippen molar-refractivity contribution in [1.29, 1.82) is 0 Å². The van der Waals surface area contributed by atoms with E-state index in [-0.39, 0.29) is 29.8 Å². The third-order valence-electron chi connectivity index (χ3n) is 2.87. The van der Waals surface area contributed by atoms with Gasteiger partial charge in [0.15, 0.2) is 0 Å². The zero-order valence-electron chi connectivity index (χ0n) is 12.3. The molecular weight excluding hydrogens is 259 g/mol. The summed E-state index contributed by atoms with van der Waals surface area (Å²) in [6.07, 6.45) is 0. The Labute approximate surface area is 119 Å². The minimum absolute atomic E-state index is 0.0228. The summed E-state index contributed by atoms with van der Waals surface area (Å²) in [7, 11) is 0. The first-order valence-electron chi connectivity index (χ1n) is 6.67. The van der Waals surface area contributed by atoms with Crippen LogP contribution in [0.4, 0.5) is 4.39 Å². The number of carbonyl (C=O) groups excluding carboxylic acids is 1. The third kappa shape index (κ3) is 5.27. The van der Waals surface area contributed by atoms with Gasteiger partial charge < -0.3 is 15.8 Å². The number of ether oxygens (including phenoxy) is 1. The van der Waals surface area contributed by atoms with Crippen molar-refractivity contribution in [1.82, 2.24) is 5.32 Å². The Hall–Kier alpha value is -1.46. The van der Waals surface area contributed by atoms with Crippen LogP contribution in [0.25, 0.3) is 0 Å². The Morgan fingerprint density at radius 1 is 1.35 bits per heavy atom. The summed E-state index contributed by atoms with van der Waals surface area (Å²) in [4.78, 5) is 11.9. The monoisotopic (exact) mass is 282 g/mol. The SMILES string of the molecule is CC(C)(C)C(NC(=O)COCCN)c1ccc(F)cc1. The minimum Gasteiger partial charge on any atom is -0.370 e. The summed E-state index contributed by atoms with van der Waals surface area (Å²) in [6.45, 7) is 6.76. The van der Waals surface area contributed by atoms with Crippen LogP contribution in [0.5, 0.6) is 0 Å². The lowest BCUT2D eigenvalue weighted by Crippen LogP contribution is -2.38. The van der Waals surface area contributed by atoms with Crippen LogP contribution in [0, 0.1) is 11.2 Å². The average molecular weight is 282 g/mol. The van der Waals surface area contributed by atoms with Crippen LogP contribution in [-0.2, 0) is 9.53 Å². The second kappa shape index (κ2) is 7.36. The minimum atomic E-state index is -0.293. The predicted molar refractivity (Wildman–Crippen MR) is 76.6 cm³/mol. The van der Waals surface area contributed by atoms with Gasteiger partial charge in [0.1, 0.15) is 12.4 Å². The second-order valence-corrected chi connectivity index (χ2v) is 5.76. The smallest absolute Gasteiger partial charge is 0.246 e. The van der Waals surface area contributed by atoms with E-state index in [1.807, 2.05) is 20.8 Å². The molecule has 1 unspecified atom stereocenters. The van der Waals surface area contributed by atoms with E-state index < -0.39 is 0 Å². The first kappa shape index (κ1) is 16.6. The number of amides is 1. The first-order chi connectivity index (χ1) is 9.34. The number of carbonyl (C=O) groups is 1. The molecule has 1 rings (SSSR count). The number of hydrogen-bond acceptors (Lipinski definition) is 3. The van der Waals surface area contributed by atoms with Crippen LogP contribution in [0.1, 0.15) is 32.4 Å². The fourth-order valence-electron chi connectivity index (χ4n) is 1.91. The third-order valence-corrected chi connectivity index (χ3v) is 2.87. The highest BCUT2D eigenvalue weighted by molar-refractivity contribution is 5.77. The van der Waals surface area contributed by atoms with E-state index in [1.54, 1.807) is 12.1 Å². The van der Waals surface area contributed by atoms with Crippen molar-refractivity contribution in [2.75, 3.05) is 19.8 Å². The second-order valence-electron chi connectivity index (χ2n) is 5.76. The number of rotatable bonds is 6. The van der Waals surface area contributed by atoms with Crippen molar-refractivity contribution in [3.8, 4) is 0 Å². The van der Waals surface area contributed by atoms with E-state index in [9.17, 15) is 9.18 Å². The van der Waals surface area contributed by atoms with Crippen molar-refractivity contribution in [2.45, 2.75) is 26.8 Å². The van der Waals surface area contributed by atoms with Gasteiger partial charge in [0, 0.05) is 6.54 Å². The number of nitrogens with one attached hydrogen (secondary N) is 1. The van der Waals surface area contributed by atoms with Gasteiger partial charge in [-0.3, -0.25) is 4.79 Å². The van der Waals surface area contributed by atoms with E-state index >= 15 is 0 Å². The van der Waals surface area contributed by atoms with Crippen LogP contribution >= 0.6 is 0 Å². The normalized spacial score (nSPS) is 13.1. The van der Waals surface area contributed by atoms with Gasteiger partial charge in [-0.2, -0.15) is 0 Å². The molecule has 0 aliphatic carbocycles. The van der Waals surface area contributed by atoms with Gasteiger partial charge in [-0.15, -0.1) is 0 Å². The highest BCUT2D eigenvalue weighted by atomic mass is 19.1. The Bertz CT molecular complexity index is 426. The summed E-state index contributed by atoms with van der Waals surface area (Å²) in [5.41, 5.74) is 5.97. The Balaban J connectivity index is 2.76. The maximum absolute atomic E-state index is 13.0. The summed E-state index contributed by atoms with van der Waals surface area (Å²) in [5, 5.41) is 2.92. The lowest BCUT2D eigenvalue weighted by atomic mass is 9.82. The van der Waals surface area contributed by atoms with E-state index in [0.717, 1.165) is 5.56 Å². The van der Waals surface area contributed by atoms with Crippen LogP contribution < -0.4 is 11.1 Å². The van der Waals surface area contributed by atoms with Crippen LogP contribution in [0.15, 0.2) is 24.3 Å². The lowest BCUT2D eigenvalue weighted by Gasteiger charge is -2.32. The Morgan fingerprint density at radius 3 is 2.45 bits per heavy atom. The molecular formula is C15H23FN2O2. The summed E-state index contributed by atoms with van der Waals surface area (Å²) < 4.78 is 18.1. The maximum Gasteiger partial charge on any atom is 0.246 e. The maximum atomic E-state index is 13.0. The van der Waals surface area contributed by atoms with Crippen LogP contribution in [0.2, 0.25) is 0 Å². The molecule has 0 bridgehead atoms. The van der Waals surface area contributed by atoms with E-state index in [2.05, 4.69) is 5.32 Å². The molecule has 0 saturated carbocycles. The van der Waals surface area contributed by atoms with Crippen molar-refractivity contribution in [3.63, 3.8) is 0 Å². The van der Waals surface area contributed by atoms with Gasteiger partial charge in [-0.25, -0.2) is 4.39 Å². The molecule has 0 radical (unpaired) electrons. The summed E-state index contributed by atoms with van der Waals surface area (Å²) in [5.74, 6) is -0.498. The molecule has 20 heavy (non-hydrogen) atoms. The van der Waals surface area contributed by atoms with E-state index in [0.29, 0.717) is 13.2 Å². The van der Waals surface area contributed by atoms with Gasteiger partial charge >= 0.3 is 0 Å². The zero-order chi connectivity index (χ0) is 15.2. The Morgan fingerprint density at radius 2 is 1.95 bits per heavy atom. The van der Waals surface area contributed by atoms with E-state index in [4.69, 9.17) is 10.5 Å². The number of hydrogen-bond donors (Lipinski definition) is 2.